The first-order valence-electron chi connectivity index (χ1n) is 5.81. The van der Waals surface area contributed by atoms with Gasteiger partial charge < -0.3 is 10.1 Å². The molecular formula is C12H19BrN2O3. The van der Waals surface area contributed by atoms with E-state index >= 15 is 0 Å². The average Bonchev–Trinajstić information content (AvgIpc) is 2.09. The summed E-state index contributed by atoms with van der Waals surface area (Å²) in [7, 11) is 0. The van der Waals surface area contributed by atoms with Gasteiger partial charge in [-0.2, -0.15) is 0 Å². The van der Waals surface area contributed by atoms with Crippen LogP contribution in [0.5, 0.6) is 0 Å². The summed E-state index contributed by atoms with van der Waals surface area (Å²) in [5.41, 5.74) is -0.544. The van der Waals surface area contributed by atoms with E-state index in [4.69, 9.17) is 4.74 Å². The number of ether oxygens (including phenoxy) is 1. The van der Waals surface area contributed by atoms with Crippen LogP contribution in [0.15, 0.2) is 11.1 Å². The van der Waals surface area contributed by atoms with E-state index in [1.54, 1.807) is 20.8 Å². The molecule has 0 unspecified atom stereocenters. The monoisotopic (exact) mass is 318 g/mol. The fourth-order valence-electron chi connectivity index (χ4n) is 1.50. The number of nitrogens with one attached hydrogen (secondary N) is 1. The molecule has 18 heavy (non-hydrogen) atoms. The Kier molecular flexibility index (Phi) is 4.78. The van der Waals surface area contributed by atoms with E-state index in [9.17, 15) is 9.59 Å². The van der Waals surface area contributed by atoms with Crippen molar-refractivity contribution in [3.8, 4) is 0 Å². The van der Waals surface area contributed by atoms with Crippen molar-refractivity contribution in [1.29, 1.82) is 0 Å². The summed E-state index contributed by atoms with van der Waals surface area (Å²) < 4.78 is 5.92. The summed E-state index contributed by atoms with van der Waals surface area (Å²) in [5.74, 6) is -0.173. The Hall–Kier alpha value is -1.04. The largest absolute Gasteiger partial charge is 0.444 e. The van der Waals surface area contributed by atoms with Crippen molar-refractivity contribution in [1.82, 2.24) is 10.2 Å². The molecule has 0 spiro atoms. The second-order valence-electron chi connectivity index (χ2n) is 5.21. The van der Waals surface area contributed by atoms with Crippen molar-refractivity contribution < 1.29 is 14.3 Å². The van der Waals surface area contributed by atoms with Crippen LogP contribution >= 0.6 is 15.9 Å². The molecule has 0 aromatic carbocycles. The van der Waals surface area contributed by atoms with Crippen LogP contribution in [0.25, 0.3) is 0 Å². The first-order valence-corrected chi connectivity index (χ1v) is 6.60. The third-order valence-corrected chi connectivity index (χ3v) is 2.69. The van der Waals surface area contributed by atoms with Gasteiger partial charge in [0.15, 0.2) is 0 Å². The lowest BCUT2D eigenvalue weighted by molar-refractivity contribution is -0.130. The molecule has 102 valence electrons. The molecule has 0 aromatic heterocycles. The average molecular weight is 319 g/mol. The number of halogens is 1. The summed E-state index contributed by atoms with van der Waals surface area (Å²) in [6.07, 6.45) is 0.228. The normalized spacial score (nSPS) is 18.9. The smallest absolute Gasteiger partial charge is 0.410 e. The second-order valence-corrected chi connectivity index (χ2v) is 6.33. The maximum atomic E-state index is 11.8. The van der Waals surface area contributed by atoms with Crippen molar-refractivity contribution >= 4 is 27.9 Å². The molecule has 1 saturated heterocycles. The molecule has 1 N–H and O–H groups in total. The number of likely N-dealkylation sites (tertiary alicyclic amines) is 1. The van der Waals surface area contributed by atoms with Crippen molar-refractivity contribution in [2.24, 2.45) is 0 Å². The summed E-state index contributed by atoms with van der Waals surface area (Å²) in [4.78, 5) is 25.0. The molecule has 1 atom stereocenters. The van der Waals surface area contributed by atoms with Crippen LogP contribution in [0.4, 0.5) is 4.79 Å². The van der Waals surface area contributed by atoms with Gasteiger partial charge in [-0.1, -0.05) is 22.5 Å². The third kappa shape index (κ3) is 4.33. The highest BCUT2D eigenvalue weighted by Gasteiger charge is 2.39. The maximum Gasteiger partial charge on any atom is 0.410 e. The standard InChI is InChI=1S/C12H19BrN2O3/c1-8(13)7-14-10(16)9-5-6-15(9)11(17)18-12(2,3)4/h9H,1,5-7H2,2-4H3,(H,14,16)/t9-/m1/s1. The van der Waals surface area contributed by atoms with Crippen molar-refractivity contribution in [2.75, 3.05) is 13.1 Å². The summed E-state index contributed by atoms with van der Waals surface area (Å²) >= 11 is 3.16. The van der Waals surface area contributed by atoms with Crippen molar-refractivity contribution in [2.45, 2.75) is 38.8 Å². The van der Waals surface area contributed by atoms with Gasteiger partial charge in [0.1, 0.15) is 11.6 Å². The quantitative estimate of drug-likeness (QED) is 0.866. The number of carbonyl (C=O) groups is 2. The van der Waals surface area contributed by atoms with Crippen LogP contribution in [0.3, 0.4) is 0 Å². The Bertz CT molecular complexity index is 363. The first kappa shape index (κ1) is 15.0. The molecule has 1 rings (SSSR count). The van der Waals surface area contributed by atoms with Crippen LogP contribution in [0.2, 0.25) is 0 Å². The first-order chi connectivity index (χ1) is 8.20. The van der Waals surface area contributed by atoms with Crippen LogP contribution in [-0.4, -0.2) is 41.6 Å². The van der Waals surface area contributed by atoms with Gasteiger partial charge in [-0.3, -0.25) is 9.69 Å². The highest BCUT2D eigenvalue weighted by atomic mass is 79.9. The fourth-order valence-corrected chi connectivity index (χ4v) is 1.64. The van der Waals surface area contributed by atoms with Gasteiger partial charge >= 0.3 is 6.09 Å². The highest BCUT2D eigenvalue weighted by Crippen LogP contribution is 2.21. The molecule has 0 aliphatic carbocycles. The molecule has 0 aromatic rings. The van der Waals surface area contributed by atoms with Gasteiger partial charge in [0.25, 0.3) is 0 Å². The molecule has 0 saturated carbocycles. The van der Waals surface area contributed by atoms with Crippen LogP contribution in [0.1, 0.15) is 27.2 Å². The van der Waals surface area contributed by atoms with Crippen molar-refractivity contribution in [3.05, 3.63) is 11.1 Å². The molecule has 0 radical (unpaired) electrons. The number of carbonyl (C=O) groups excluding carboxylic acids is 2. The predicted octanol–water partition coefficient (Wildman–Crippen LogP) is 2.02. The SMILES string of the molecule is C=C(Br)CNC(=O)[C@H]1CCN1C(=O)OC(C)(C)C. The molecule has 1 aliphatic heterocycles. The zero-order valence-corrected chi connectivity index (χ0v) is 12.5. The number of nitrogens with zero attached hydrogens (tertiary/aromatic N) is 1. The number of amides is 2. The van der Waals surface area contributed by atoms with Gasteiger partial charge in [0.2, 0.25) is 5.91 Å². The topological polar surface area (TPSA) is 58.6 Å². The van der Waals surface area contributed by atoms with Gasteiger partial charge in [-0.25, -0.2) is 4.79 Å². The Balaban J connectivity index is 2.47. The van der Waals surface area contributed by atoms with E-state index < -0.39 is 17.7 Å². The minimum Gasteiger partial charge on any atom is -0.444 e. The van der Waals surface area contributed by atoms with Crippen LogP contribution in [0, 0.1) is 0 Å². The van der Waals surface area contributed by atoms with Crippen LogP contribution < -0.4 is 5.32 Å². The molecule has 1 heterocycles. The lowest BCUT2D eigenvalue weighted by Gasteiger charge is -2.40. The summed E-state index contributed by atoms with van der Waals surface area (Å²) in [6, 6.07) is -0.424. The number of hydrogen-bond acceptors (Lipinski definition) is 3. The van der Waals surface area contributed by atoms with E-state index in [-0.39, 0.29) is 5.91 Å². The number of hydrogen-bond donors (Lipinski definition) is 1. The lowest BCUT2D eigenvalue weighted by Crippen LogP contribution is -2.59. The third-order valence-electron chi connectivity index (χ3n) is 2.40. The molecule has 2 amide bonds. The van der Waals surface area contributed by atoms with E-state index in [1.165, 1.54) is 4.90 Å². The van der Waals surface area contributed by atoms with E-state index in [1.807, 2.05) is 0 Å². The number of rotatable bonds is 3. The molecule has 0 bridgehead atoms. The maximum absolute atomic E-state index is 11.8. The zero-order chi connectivity index (χ0) is 13.9. The van der Waals surface area contributed by atoms with Gasteiger partial charge in [-0.15, -0.1) is 0 Å². The lowest BCUT2D eigenvalue weighted by atomic mass is 10.0. The molecular weight excluding hydrogens is 300 g/mol. The Morgan fingerprint density at radius 3 is 2.50 bits per heavy atom. The molecule has 1 aliphatic rings. The second kappa shape index (κ2) is 5.73. The predicted molar refractivity (Wildman–Crippen MR) is 72.4 cm³/mol. The van der Waals surface area contributed by atoms with Gasteiger partial charge in [0.05, 0.1) is 0 Å². The van der Waals surface area contributed by atoms with E-state index in [2.05, 4.69) is 27.8 Å². The van der Waals surface area contributed by atoms with Crippen molar-refractivity contribution in [3.63, 3.8) is 0 Å². The minimum absolute atomic E-state index is 0.173. The van der Waals surface area contributed by atoms with Gasteiger partial charge in [0, 0.05) is 17.6 Å². The Morgan fingerprint density at radius 2 is 2.11 bits per heavy atom. The van der Waals surface area contributed by atoms with E-state index in [0.29, 0.717) is 24.0 Å². The Labute approximate surface area is 116 Å². The minimum atomic E-state index is -0.544. The van der Waals surface area contributed by atoms with E-state index in [0.717, 1.165) is 0 Å². The van der Waals surface area contributed by atoms with Crippen LogP contribution in [-0.2, 0) is 9.53 Å². The molecule has 6 heteroatoms. The zero-order valence-electron chi connectivity index (χ0n) is 11.0. The highest BCUT2D eigenvalue weighted by molar-refractivity contribution is 9.11. The summed E-state index contributed by atoms with van der Waals surface area (Å²) in [6.45, 7) is 9.95. The van der Waals surface area contributed by atoms with Gasteiger partial charge in [-0.05, 0) is 27.2 Å². The summed E-state index contributed by atoms with van der Waals surface area (Å²) in [5, 5.41) is 2.70. The fraction of sp³-hybridized carbons (Fsp3) is 0.667. The Morgan fingerprint density at radius 1 is 1.50 bits per heavy atom. The molecule has 5 nitrogen and oxygen atoms in total. The molecule has 1 fully saturated rings.